The molecular weight excluding hydrogens is 294 g/mol. The zero-order chi connectivity index (χ0) is 15.6. The van der Waals surface area contributed by atoms with Gasteiger partial charge in [0.25, 0.3) is 0 Å². The molecule has 2 rings (SSSR count). The first-order valence-corrected chi connectivity index (χ1v) is 6.98. The average Bonchev–Trinajstić information content (AvgIpc) is 2.46. The number of nitrogens with two attached hydrogens (primary N) is 1. The van der Waals surface area contributed by atoms with E-state index in [9.17, 15) is 8.78 Å². The molecule has 0 saturated carbocycles. The molecule has 0 amide bonds. The Bertz CT molecular complexity index is 606. The van der Waals surface area contributed by atoms with E-state index < -0.39 is 11.6 Å². The van der Waals surface area contributed by atoms with Crippen LogP contribution in [0.1, 0.15) is 24.1 Å². The molecule has 0 bridgehead atoms. The predicted octanol–water partition coefficient (Wildman–Crippen LogP) is 4.27. The van der Waals surface area contributed by atoms with Crippen LogP contribution < -0.4 is 10.6 Å². The minimum Gasteiger partial charge on any atom is -0.363 e. The number of nitrogens with zero attached hydrogens (tertiary/aromatic N) is 1. The van der Waals surface area contributed by atoms with E-state index >= 15 is 0 Å². The molecule has 2 aromatic rings. The zero-order valence-electron chi connectivity index (χ0n) is 11.9. The second kappa shape index (κ2) is 6.41. The highest BCUT2D eigenvalue weighted by Gasteiger charge is 2.20. The standard InChI is InChI=1S/C16H17ClF2N2/c1-10(12-3-5-13(17)6-4-12)21(2)16-14(18)7-11(9-20)8-15(16)19/h3-8,10H,9,20H2,1-2H3. The van der Waals surface area contributed by atoms with Crippen LogP contribution in [0.25, 0.3) is 0 Å². The van der Waals surface area contributed by atoms with Gasteiger partial charge in [-0.3, -0.25) is 0 Å². The lowest BCUT2D eigenvalue weighted by atomic mass is 10.1. The Labute approximate surface area is 128 Å². The first-order chi connectivity index (χ1) is 9.93. The van der Waals surface area contributed by atoms with Crippen LogP contribution in [0.4, 0.5) is 14.5 Å². The quantitative estimate of drug-likeness (QED) is 0.913. The van der Waals surface area contributed by atoms with Crippen molar-refractivity contribution in [3.8, 4) is 0 Å². The van der Waals surface area contributed by atoms with Crippen LogP contribution in [0.2, 0.25) is 5.02 Å². The fourth-order valence-electron chi connectivity index (χ4n) is 2.23. The van der Waals surface area contributed by atoms with Crippen LogP contribution in [-0.4, -0.2) is 7.05 Å². The Kier molecular flexibility index (Phi) is 4.80. The maximum Gasteiger partial charge on any atom is 0.149 e. The molecule has 5 heteroatoms. The van der Waals surface area contributed by atoms with Crippen molar-refractivity contribution in [2.45, 2.75) is 19.5 Å². The van der Waals surface area contributed by atoms with Gasteiger partial charge in [0.1, 0.15) is 17.3 Å². The molecule has 21 heavy (non-hydrogen) atoms. The summed E-state index contributed by atoms with van der Waals surface area (Å²) in [5, 5.41) is 0.623. The van der Waals surface area contributed by atoms with Gasteiger partial charge in [0, 0.05) is 18.6 Å². The number of anilines is 1. The molecule has 0 radical (unpaired) electrons. The van der Waals surface area contributed by atoms with Crippen LogP contribution in [0, 0.1) is 11.6 Å². The van der Waals surface area contributed by atoms with Gasteiger partial charge in [0.15, 0.2) is 0 Å². The monoisotopic (exact) mass is 310 g/mol. The van der Waals surface area contributed by atoms with Crippen molar-refractivity contribution in [1.29, 1.82) is 0 Å². The summed E-state index contributed by atoms with van der Waals surface area (Å²) in [5.74, 6) is -1.22. The Balaban J connectivity index is 2.35. The van der Waals surface area contributed by atoms with Crippen LogP contribution >= 0.6 is 11.6 Å². The summed E-state index contributed by atoms with van der Waals surface area (Å²) in [6.45, 7) is 1.98. The first-order valence-electron chi connectivity index (χ1n) is 6.60. The molecule has 0 spiro atoms. The van der Waals surface area contributed by atoms with Gasteiger partial charge in [-0.25, -0.2) is 8.78 Å². The lowest BCUT2D eigenvalue weighted by Crippen LogP contribution is -2.24. The van der Waals surface area contributed by atoms with Gasteiger partial charge in [0.2, 0.25) is 0 Å². The molecule has 0 aliphatic heterocycles. The molecular formula is C16H17ClF2N2. The summed E-state index contributed by atoms with van der Waals surface area (Å²) < 4.78 is 28.3. The summed E-state index contributed by atoms with van der Waals surface area (Å²) in [6, 6.07) is 9.53. The molecule has 1 unspecified atom stereocenters. The average molecular weight is 311 g/mol. The largest absolute Gasteiger partial charge is 0.363 e. The van der Waals surface area contributed by atoms with Crippen LogP contribution in [0.15, 0.2) is 36.4 Å². The summed E-state index contributed by atoms with van der Waals surface area (Å²) in [6.07, 6.45) is 0. The summed E-state index contributed by atoms with van der Waals surface area (Å²) in [4.78, 5) is 1.56. The molecule has 0 aliphatic carbocycles. The molecule has 0 aromatic heterocycles. The molecule has 2 aromatic carbocycles. The van der Waals surface area contributed by atoms with Gasteiger partial charge < -0.3 is 10.6 Å². The van der Waals surface area contributed by atoms with Crippen molar-refractivity contribution in [2.75, 3.05) is 11.9 Å². The van der Waals surface area contributed by atoms with Crippen molar-refractivity contribution in [3.63, 3.8) is 0 Å². The third kappa shape index (κ3) is 3.34. The minimum atomic E-state index is -0.612. The molecule has 0 aliphatic rings. The number of hydrogen-bond acceptors (Lipinski definition) is 2. The van der Waals surface area contributed by atoms with E-state index in [0.717, 1.165) is 5.56 Å². The second-order valence-corrected chi connectivity index (χ2v) is 5.39. The molecule has 0 heterocycles. The molecule has 0 fully saturated rings. The maximum atomic E-state index is 14.1. The van der Waals surface area contributed by atoms with E-state index in [1.54, 1.807) is 24.1 Å². The number of rotatable bonds is 4. The SMILES string of the molecule is CC(c1ccc(Cl)cc1)N(C)c1c(F)cc(CN)cc1F. The number of halogens is 3. The van der Waals surface area contributed by atoms with Gasteiger partial charge in [-0.05, 0) is 42.3 Å². The van der Waals surface area contributed by atoms with Crippen LogP contribution in [0.5, 0.6) is 0 Å². The lowest BCUT2D eigenvalue weighted by Gasteiger charge is -2.28. The summed E-state index contributed by atoms with van der Waals surface area (Å²) in [7, 11) is 1.66. The van der Waals surface area contributed by atoms with Crippen molar-refractivity contribution in [1.82, 2.24) is 0 Å². The molecule has 0 saturated heterocycles. The molecule has 2 N–H and O–H groups in total. The molecule has 2 nitrogen and oxygen atoms in total. The van der Waals surface area contributed by atoms with E-state index in [1.807, 2.05) is 19.1 Å². The van der Waals surface area contributed by atoms with Gasteiger partial charge in [-0.15, -0.1) is 0 Å². The Hall–Kier alpha value is -1.65. The maximum absolute atomic E-state index is 14.1. The zero-order valence-corrected chi connectivity index (χ0v) is 12.7. The summed E-state index contributed by atoms with van der Waals surface area (Å²) >= 11 is 5.85. The normalized spacial score (nSPS) is 12.3. The Morgan fingerprint density at radius 3 is 2.14 bits per heavy atom. The third-order valence-corrected chi connectivity index (χ3v) is 3.85. The highest BCUT2D eigenvalue weighted by atomic mass is 35.5. The fourth-order valence-corrected chi connectivity index (χ4v) is 2.36. The van der Waals surface area contributed by atoms with E-state index in [1.165, 1.54) is 12.1 Å². The first kappa shape index (κ1) is 15.7. The summed E-state index contributed by atoms with van der Waals surface area (Å²) in [5.41, 5.74) is 6.71. The van der Waals surface area contributed by atoms with Crippen LogP contribution in [-0.2, 0) is 6.54 Å². The lowest BCUT2D eigenvalue weighted by molar-refractivity contribution is 0.562. The topological polar surface area (TPSA) is 29.3 Å². The third-order valence-electron chi connectivity index (χ3n) is 3.60. The van der Waals surface area contributed by atoms with E-state index in [4.69, 9.17) is 17.3 Å². The molecule has 1 atom stereocenters. The van der Waals surface area contributed by atoms with Gasteiger partial charge >= 0.3 is 0 Å². The van der Waals surface area contributed by atoms with E-state index in [0.29, 0.717) is 10.6 Å². The Morgan fingerprint density at radius 2 is 1.67 bits per heavy atom. The smallest absolute Gasteiger partial charge is 0.149 e. The van der Waals surface area contributed by atoms with Gasteiger partial charge in [-0.1, -0.05) is 23.7 Å². The minimum absolute atomic E-state index is 0.0605. The number of hydrogen-bond donors (Lipinski definition) is 1. The second-order valence-electron chi connectivity index (χ2n) is 4.95. The molecule has 112 valence electrons. The van der Waals surface area contributed by atoms with Crippen molar-refractivity contribution >= 4 is 17.3 Å². The highest BCUT2D eigenvalue weighted by molar-refractivity contribution is 6.30. The fraction of sp³-hybridized carbons (Fsp3) is 0.250. The van der Waals surface area contributed by atoms with Gasteiger partial charge in [-0.2, -0.15) is 0 Å². The number of benzene rings is 2. The van der Waals surface area contributed by atoms with Crippen molar-refractivity contribution < 1.29 is 8.78 Å². The van der Waals surface area contributed by atoms with Crippen molar-refractivity contribution in [2.24, 2.45) is 5.73 Å². The van der Waals surface area contributed by atoms with E-state index in [-0.39, 0.29) is 18.3 Å². The van der Waals surface area contributed by atoms with Gasteiger partial charge in [0.05, 0.1) is 6.04 Å². The van der Waals surface area contributed by atoms with E-state index in [2.05, 4.69) is 0 Å². The van der Waals surface area contributed by atoms with Crippen molar-refractivity contribution in [3.05, 3.63) is 64.2 Å². The predicted molar refractivity (Wildman–Crippen MR) is 82.5 cm³/mol. The van der Waals surface area contributed by atoms with Crippen LogP contribution in [0.3, 0.4) is 0 Å². The Morgan fingerprint density at radius 1 is 1.14 bits per heavy atom. The highest BCUT2D eigenvalue weighted by Crippen LogP contribution is 2.31.